The van der Waals surface area contributed by atoms with Crippen LogP contribution in [0.3, 0.4) is 0 Å². The second-order valence-electron chi connectivity index (χ2n) is 5.52. The van der Waals surface area contributed by atoms with E-state index in [1.165, 1.54) is 16.7 Å². The van der Waals surface area contributed by atoms with Crippen molar-refractivity contribution < 1.29 is 4.79 Å². The Labute approximate surface area is 147 Å². The van der Waals surface area contributed by atoms with Crippen LogP contribution >= 0.6 is 23.4 Å². The minimum absolute atomic E-state index is 0.119. The van der Waals surface area contributed by atoms with Crippen LogP contribution in [0.25, 0.3) is 0 Å². The quantitative estimate of drug-likeness (QED) is 0.705. The summed E-state index contributed by atoms with van der Waals surface area (Å²) < 4.78 is 0. The van der Waals surface area contributed by atoms with Crippen LogP contribution in [0.4, 0.5) is 0 Å². The Morgan fingerprint density at radius 3 is 2.65 bits per heavy atom. The van der Waals surface area contributed by atoms with Gasteiger partial charge >= 0.3 is 0 Å². The maximum Gasteiger partial charge on any atom is 0.220 e. The lowest BCUT2D eigenvalue weighted by molar-refractivity contribution is -0.120. The number of benzene rings is 2. The fourth-order valence-electron chi connectivity index (χ4n) is 2.18. The fraction of sp³-hybridized carbons (Fsp3) is 0.316. The van der Waals surface area contributed by atoms with E-state index in [1.807, 2.05) is 18.2 Å². The third-order valence-electron chi connectivity index (χ3n) is 3.49. The maximum absolute atomic E-state index is 11.8. The highest BCUT2D eigenvalue weighted by molar-refractivity contribution is 7.98. The first-order valence-corrected chi connectivity index (χ1v) is 9.31. The van der Waals surface area contributed by atoms with E-state index in [0.29, 0.717) is 13.0 Å². The lowest BCUT2D eigenvalue weighted by Crippen LogP contribution is -2.25. The average molecular weight is 348 g/mol. The Morgan fingerprint density at radius 1 is 1.13 bits per heavy atom. The Balaban J connectivity index is 1.57. The maximum atomic E-state index is 11.8. The molecular formula is C19H22ClNOS. The molecule has 0 spiro atoms. The molecule has 0 atom stereocenters. The van der Waals surface area contributed by atoms with Crippen molar-refractivity contribution >= 4 is 29.3 Å². The molecule has 0 aliphatic carbocycles. The van der Waals surface area contributed by atoms with Crippen molar-refractivity contribution in [3.8, 4) is 0 Å². The van der Waals surface area contributed by atoms with E-state index in [-0.39, 0.29) is 5.91 Å². The van der Waals surface area contributed by atoms with Gasteiger partial charge in [0.2, 0.25) is 5.91 Å². The Bertz CT molecular complexity index is 628. The summed E-state index contributed by atoms with van der Waals surface area (Å²) in [6, 6.07) is 16.2. The van der Waals surface area contributed by atoms with Gasteiger partial charge in [0, 0.05) is 29.5 Å². The van der Waals surface area contributed by atoms with Crippen LogP contribution in [0.2, 0.25) is 5.02 Å². The minimum Gasteiger partial charge on any atom is -0.355 e. The number of rotatable bonds is 8. The van der Waals surface area contributed by atoms with Crippen LogP contribution in [-0.4, -0.2) is 18.2 Å². The zero-order valence-corrected chi connectivity index (χ0v) is 14.9. The topological polar surface area (TPSA) is 29.1 Å². The highest BCUT2D eigenvalue weighted by Crippen LogP contribution is 2.16. The monoisotopic (exact) mass is 347 g/mol. The van der Waals surface area contributed by atoms with Crippen LogP contribution in [0.1, 0.15) is 23.1 Å². The summed E-state index contributed by atoms with van der Waals surface area (Å²) in [7, 11) is 0. The summed E-state index contributed by atoms with van der Waals surface area (Å²) in [5.74, 6) is 1.94. The first-order valence-electron chi connectivity index (χ1n) is 7.78. The molecule has 23 heavy (non-hydrogen) atoms. The zero-order chi connectivity index (χ0) is 16.5. The number of carbonyl (C=O) groups is 1. The molecule has 0 aliphatic heterocycles. The SMILES string of the molecule is Cc1ccc(CCC(=O)NCCSCc2cccc(Cl)c2)cc1. The molecular weight excluding hydrogens is 326 g/mol. The van der Waals surface area contributed by atoms with E-state index in [0.717, 1.165) is 22.9 Å². The van der Waals surface area contributed by atoms with Gasteiger partial charge in [0.15, 0.2) is 0 Å². The van der Waals surface area contributed by atoms with Crippen molar-refractivity contribution in [1.82, 2.24) is 5.32 Å². The molecule has 0 unspecified atom stereocenters. The molecule has 4 heteroatoms. The molecule has 0 aromatic heterocycles. The van der Waals surface area contributed by atoms with Crippen LogP contribution in [0.5, 0.6) is 0 Å². The molecule has 2 aromatic rings. The van der Waals surface area contributed by atoms with Crippen molar-refractivity contribution in [1.29, 1.82) is 0 Å². The second kappa shape index (κ2) is 9.64. The molecule has 0 heterocycles. The van der Waals surface area contributed by atoms with Crippen molar-refractivity contribution in [3.63, 3.8) is 0 Å². The lowest BCUT2D eigenvalue weighted by atomic mass is 10.1. The van der Waals surface area contributed by atoms with Gasteiger partial charge in [-0.3, -0.25) is 4.79 Å². The van der Waals surface area contributed by atoms with Gasteiger partial charge in [-0.2, -0.15) is 11.8 Å². The molecule has 0 saturated carbocycles. The smallest absolute Gasteiger partial charge is 0.220 e. The molecule has 0 radical (unpaired) electrons. The van der Waals surface area contributed by atoms with E-state index in [4.69, 9.17) is 11.6 Å². The average Bonchev–Trinajstić information content (AvgIpc) is 2.54. The van der Waals surface area contributed by atoms with Gasteiger partial charge in [-0.15, -0.1) is 0 Å². The molecule has 0 saturated heterocycles. The van der Waals surface area contributed by atoms with Gasteiger partial charge in [0.1, 0.15) is 0 Å². The first kappa shape index (κ1) is 17.9. The van der Waals surface area contributed by atoms with E-state index < -0.39 is 0 Å². The molecule has 1 amide bonds. The summed E-state index contributed by atoms with van der Waals surface area (Å²) in [6.45, 7) is 2.77. The predicted molar refractivity (Wildman–Crippen MR) is 100 cm³/mol. The zero-order valence-electron chi connectivity index (χ0n) is 13.3. The second-order valence-corrected chi connectivity index (χ2v) is 7.06. The van der Waals surface area contributed by atoms with Gasteiger partial charge in [0.25, 0.3) is 0 Å². The molecule has 1 N–H and O–H groups in total. The Hall–Kier alpha value is -1.45. The first-order chi connectivity index (χ1) is 11.1. The standard InChI is InChI=1S/C19H22ClNOS/c1-15-5-7-16(8-6-15)9-10-19(22)21-11-12-23-14-17-3-2-4-18(20)13-17/h2-8,13H,9-12,14H2,1H3,(H,21,22). The third kappa shape index (κ3) is 7.10. The molecule has 2 rings (SSSR count). The van der Waals surface area contributed by atoms with Gasteiger partial charge < -0.3 is 5.32 Å². The molecule has 2 nitrogen and oxygen atoms in total. The van der Waals surface area contributed by atoms with Crippen LogP contribution in [-0.2, 0) is 17.0 Å². The minimum atomic E-state index is 0.119. The van der Waals surface area contributed by atoms with E-state index in [2.05, 4.69) is 42.6 Å². The Kier molecular flexibility index (Phi) is 7.50. The summed E-state index contributed by atoms with van der Waals surface area (Å²) in [5, 5.41) is 3.75. The van der Waals surface area contributed by atoms with Crippen molar-refractivity contribution in [2.24, 2.45) is 0 Å². The van der Waals surface area contributed by atoms with Crippen LogP contribution < -0.4 is 5.32 Å². The van der Waals surface area contributed by atoms with Crippen molar-refractivity contribution in [2.45, 2.75) is 25.5 Å². The summed E-state index contributed by atoms with van der Waals surface area (Å²) in [6.07, 6.45) is 1.34. The van der Waals surface area contributed by atoms with Gasteiger partial charge in [-0.1, -0.05) is 53.6 Å². The predicted octanol–water partition coefficient (Wildman–Crippen LogP) is 4.63. The molecule has 0 aliphatic rings. The normalized spacial score (nSPS) is 10.5. The number of thioether (sulfide) groups is 1. The fourth-order valence-corrected chi connectivity index (χ4v) is 3.20. The van der Waals surface area contributed by atoms with E-state index in [9.17, 15) is 4.79 Å². The van der Waals surface area contributed by atoms with Gasteiger partial charge in [0.05, 0.1) is 0 Å². The highest BCUT2D eigenvalue weighted by atomic mass is 35.5. The van der Waals surface area contributed by atoms with Gasteiger partial charge in [-0.05, 0) is 36.6 Å². The van der Waals surface area contributed by atoms with Gasteiger partial charge in [-0.25, -0.2) is 0 Å². The summed E-state index contributed by atoms with van der Waals surface area (Å²) in [4.78, 5) is 11.8. The van der Waals surface area contributed by atoms with Crippen LogP contribution in [0, 0.1) is 6.92 Å². The number of carbonyl (C=O) groups excluding carboxylic acids is 1. The number of nitrogens with one attached hydrogen (secondary N) is 1. The van der Waals surface area contributed by atoms with Crippen molar-refractivity contribution in [2.75, 3.05) is 12.3 Å². The summed E-state index contributed by atoms with van der Waals surface area (Å²) >= 11 is 7.75. The van der Waals surface area contributed by atoms with E-state index in [1.54, 1.807) is 11.8 Å². The lowest BCUT2D eigenvalue weighted by Gasteiger charge is -2.06. The highest BCUT2D eigenvalue weighted by Gasteiger charge is 2.02. The molecule has 0 fully saturated rings. The number of aryl methyl sites for hydroxylation is 2. The van der Waals surface area contributed by atoms with Crippen molar-refractivity contribution in [3.05, 3.63) is 70.2 Å². The largest absolute Gasteiger partial charge is 0.355 e. The number of hydrogen-bond donors (Lipinski definition) is 1. The van der Waals surface area contributed by atoms with E-state index >= 15 is 0 Å². The van der Waals surface area contributed by atoms with Crippen LogP contribution in [0.15, 0.2) is 48.5 Å². The molecule has 0 bridgehead atoms. The number of amides is 1. The Morgan fingerprint density at radius 2 is 1.91 bits per heavy atom. The summed E-state index contributed by atoms with van der Waals surface area (Å²) in [5.41, 5.74) is 3.67. The number of hydrogen-bond acceptors (Lipinski definition) is 2. The molecule has 122 valence electrons. The molecule has 2 aromatic carbocycles. The third-order valence-corrected chi connectivity index (χ3v) is 4.75. The number of halogens is 1.